The number of carbonyl (C=O) groups is 2. The highest BCUT2D eigenvalue weighted by Gasteiger charge is 2.60. The lowest BCUT2D eigenvalue weighted by Crippen LogP contribution is -2.54. The molecule has 0 aromatic rings. The minimum absolute atomic E-state index is 0. The summed E-state index contributed by atoms with van der Waals surface area (Å²) in [5.74, 6) is 3.52. The van der Waals surface area contributed by atoms with Gasteiger partial charge in [-0.15, -0.1) is 12.4 Å². The molecule has 4 saturated carbocycles. The quantitative estimate of drug-likeness (QED) is 0.566. The highest BCUT2D eigenvalue weighted by molar-refractivity contribution is 5.85. The summed E-state index contributed by atoms with van der Waals surface area (Å²) < 4.78 is 5.87. The van der Waals surface area contributed by atoms with Gasteiger partial charge in [-0.05, 0) is 105 Å². The average Bonchev–Trinajstić information content (AvgIpc) is 3.05. The van der Waals surface area contributed by atoms with Crippen LogP contribution in [-0.2, 0) is 14.3 Å². The molecule has 0 aromatic heterocycles. The Morgan fingerprint density at radius 1 is 0.935 bits per heavy atom. The van der Waals surface area contributed by atoms with Crippen LogP contribution in [0.1, 0.15) is 92.4 Å². The Labute approximate surface area is 195 Å². The first-order chi connectivity index (χ1) is 14.1. The third-order valence-corrected chi connectivity index (χ3v) is 10.4. The third kappa shape index (κ3) is 4.09. The van der Waals surface area contributed by atoms with Gasteiger partial charge < -0.3 is 10.5 Å². The lowest BCUT2D eigenvalue weighted by Gasteiger charge is -2.61. The maximum Gasteiger partial charge on any atom is 0.323 e. The summed E-state index contributed by atoms with van der Waals surface area (Å²) in [5.41, 5.74) is 6.61. The minimum Gasteiger partial charge on any atom is -0.461 e. The first-order valence-electron chi connectivity index (χ1n) is 12.5. The first-order valence-corrected chi connectivity index (χ1v) is 12.5. The van der Waals surface area contributed by atoms with Crippen LogP contribution in [0.3, 0.4) is 0 Å². The molecule has 0 bridgehead atoms. The zero-order chi connectivity index (χ0) is 21.8. The van der Waals surface area contributed by atoms with Gasteiger partial charge in [0.2, 0.25) is 0 Å². The number of rotatable bonds is 4. The van der Waals surface area contributed by atoms with Crippen molar-refractivity contribution >= 4 is 24.2 Å². The van der Waals surface area contributed by atoms with Crippen molar-refractivity contribution in [2.24, 2.45) is 52.1 Å². The number of hydrogen-bond donors (Lipinski definition) is 1. The molecule has 0 unspecified atom stereocenters. The van der Waals surface area contributed by atoms with Gasteiger partial charge in [-0.25, -0.2) is 0 Å². The van der Waals surface area contributed by atoms with Gasteiger partial charge in [0.05, 0.1) is 0 Å². The van der Waals surface area contributed by atoms with E-state index in [0.29, 0.717) is 17.1 Å². The van der Waals surface area contributed by atoms with Crippen molar-refractivity contribution < 1.29 is 14.3 Å². The van der Waals surface area contributed by atoms with E-state index in [9.17, 15) is 9.59 Å². The molecule has 5 heteroatoms. The van der Waals surface area contributed by atoms with Gasteiger partial charge in [0.25, 0.3) is 0 Å². The molecular formula is C26H44ClNO3. The zero-order valence-corrected chi connectivity index (χ0v) is 21.0. The number of ether oxygens (including phenoxy) is 1. The van der Waals surface area contributed by atoms with Crippen LogP contribution in [0.4, 0.5) is 0 Å². The molecule has 0 radical (unpaired) electrons. The summed E-state index contributed by atoms with van der Waals surface area (Å²) >= 11 is 0. The van der Waals surface area contributed by atoms with Crippen LogP contribution in [0.2, 0.25) is 0 Å². The summed E-state index contributed by atoms with van der Waals surface area (Å²) in [6.07, 6.45) is 10.6. The average molecular weight is 454 g/mol. The maximum absolute atomic E-state index is 12.4. The molecule has 0 spiro atoms. The molecule has 4 rings (SSSR count). The van der Waals surface area contributed by atoms with Gasteiger partial charge in [0.15, 0.2) is 0 Å². The minimum atomic E-state index is -0.512. The summed E-state index contributed by atoms with van der Waals surface area (Å²) in [6, 6.07) is -0.512. The third-order valence-electron chi connectivity index (χ3n) is 10.4. The largest absolute Gasteiger partial charge is 0.461 e. The number of ketones is 1. The molecule has 4 nitrogen and oxygen atoms in total. The van der Waals surface area contributed by atoms with E-state index >= 15 is 0 Å². The molecule has 2 N–H and O–H groups in total. The van der Waals surface area contributed by atoms with Crippen LogP contribution < -0.4 is 5.73 Å². The van der Waals surface area contributed by atoms with Crippen LogP contribution >= 0.6 is 12.4 Å². The summed E-state index contributed by atoms with van der Waals surface area (Å²) in [7, 11) is 0. The van der Waals surface area contributed by atoms with Gasteiger partial charge in [-0.2, -0.15) is 0 Å². The summed E-state index contributed by atoms with van der Waals surface area (Å²) in [4.78, 5) is 24.7. The van der Waals surface area contributed by atoms with Gasteiger partial charge in [-0.1, -0.05) is 27.7 Å². The van der Waals surface area contributed by atoms with Gasteiger partial charge in [-0.3, -0.25) is 9.59 Å². The number of esters is 1. The SMILES string of the molecule is CC(=O)[C@H]1CC[C@H]2[C@@H]3CC[C@@H]4C[C@@H](OC(=O)[C@@H](N)C(C)C)CC[C@]4(C)[C@H]3CC[C@]12C.Cl. The van der Waals surface area contributed by atoms with E-state index < -0.39 is 6.04 Å². The molecular weight excluding hydrogens is 410 g/mol. The Bertz CT molecular complexity index is 696. The van der Waals surface area contributed by atoms with Crippen molar-refractivity contribution in [3.63, 3.8) is 0 Å². The molecule has 0 aromatic carbocycles. The molecule has 31 heavy (non-hydrogen) atoms. The lowest BCUT2D eigenvalue weighted by atomic mass is 9.44. The zero-order valence-electron chi connectivity index (χ0n) is 20.2. The van der Waals surface area contributed by atoms with Crippen molar-refractivity contribution in [3.05, 3.63) is 0 Å². The van der Waals surface area contributed by atoms with Crippen molar-refractivity contribution in [1.82, 2.24) is 0 Å². The molecule has 4 aliphatic carbocycles. The Hall–Kier alpha value is -0.610. The standard InChI is InChI=1S/C26H43NO3.ClH/c1-15(2)23(27)24(29)30-18-10-12-25(4)17(14-18)6-7-19-21-9-8-20(16(3)28)26(21,5)13-11-22(19)25;/h15,17-23H,6-14,27H2,1-5H3;1H/t17-,18+,19+,20-,21+,22+,23+,25+,26-;/m1./s1. The van der Waals surface area contributed by atoms with Crippen LogP contribution in [0, 0.1) is 46.3 Å². The monoisotopic (exact) mass is 453 g/mol. The second-order valence-electron chi connectivity index (χ2n) is 12.0. The predicted molar refractivity (Wildman–Crippen MR) is 126 cm³/mol. The van der Waals surface area contributed by atoms with Crippen molar-refractivity contribution in [1.29, 1.82) is 0 Å². The molecule has 9 atom stereocenters. The molecule has 0 amide bonds. The maximum atomic E-state index is 12.4. The van der Waals surface area contributed by atoms with Crippen molar-refractivity contribution in [3.8, 4) is 0 Å². The predicted octanol–water partition coefficient (Wildman–Crippen LogP) is 5.55. The molecule has 0 saturated heterocycles. The fourth-order valence-electron chi connectivity index (χ4n) is 8.51. The van der Waals surface area contributed by atoms with E-state index in [4.69, 9.17) is 10.5 Å². The number of halogens is 1. The topological polar surface area (TPSA) is 69.4 Å². The summed E-state index contributed by atoms with van der Waals surface area (Å²) in [6.45, 7) is 10.7. The Morgan fingerprint density at radius 3 is 2.23 bits per heavy atom. The van der Waals surface area contributed by atoms with E-state index in [1.54, 1.807) is 0 Å². The van der Waals surface area contributed by atoms with Crippen LogP contribution in [0.15, 0.2) is 0 Å². The first kappa shape index (κ1) is 25.0. The number of Topliss-reactive ketones (excluding diaryl/α,β-unsaturated/α-hetero) is 1. The molecule has 4 fully saturated rings. The Balaban J connectivity index is 0.00000272. The van der Waals surface area contributed by atoms with E-state index in [-0.39, 0.29) is 41.7 Å². The van der Waals surface area contributed by atoms with E-state index in [1.807, 2.05) is 20.8 Å². The highest BCUT2D eigenvalue weighted by Crippen LogP contribution is 2.67. The highest BCUT2D eigenvalue weighted by atomic mass is 35.5. The summed E-state index contributed by atoms with van der Waals surface area (Å²) in [5, 5.41) is 0. The number of hydrogen-bond acceptors (Lipinski definition) is 4. The number of fused-ring (bicyclic) bond motifs is 5. The number of nitrogens with two attached hydrogens (primary N) is 1. The Morgan fingerprint density at radius 2 is 1.58 bits per heavy atom. The molecule has 0 heterocycles. The fourth-order valence-corrected chi connectivity index (χ4v) is 8.51. The van der Waals surface area contributed by atoms with Gasteiger partial charge in [0, 0.05) is 5.92 Å². The smallest absolute Gasteiger partial charge is 0.323 e. The van der Waals surface area contributed by atoms with Crippen LogP contribution in [-0.4, -0.2) is 23.9 Å². The molecule has 4 aliphatic rings. The van der Waals surface area contributed by atoms with Gasteiger partial charge >= 0.3 is 5.97 Å². The van der Waals surface area contributed by atoms with Crippen LogP contribution in [0.25, 0.3) is 0 Å². The van der Waals surface area contributed by atoms with Crippen molar-refractivity contribution in [2.75, 3.05) is 0 Å². The normalized spacial score (nSPS) is 45.0. The Kier molecular flexibility index (Phi) is 7.24. The molecule has 0 aliphatic heterocycles. The number of carbonyl (C=O) groups excluding carboxylic acids is 2. The van der Waals surface area contributed by atoms with E-state index in [2.05, 4.69) is 13.8 Å². The molecule has 178 valence electrons. The lowest BCUT2D eigenvalue weighted by molar-refractivity contribution is -0.165. The van der Waals surface area contributed by atoms with E-state index in [1.165, 1.54) is 32.1 Å². The second-order valence-corrected chi connectivity index (χ2v) is 12.0. The van der Waals surface area contributed by atoms with Crippen LogP contribution in [0.5, 0.6) is 0 Å². The van der Waals surface area contributed by atoms with E-state index in [0.717, 1.165) is 43.4 Å². The van der Waals surface area contributed by atoms with Gasteiger partial charge in [0.1, 0.15) is 17.9 Å². The van der Waals surface area contributed by atoms with Crippen molar-refractivity contribution in [2.45, 2.75) is 105 Å². The second kappa shape index (κ2) is 8.97. The fraction of sp³-hybridized carbons (Fsp3) is 0.923.